The van der Waals surface area contributed by atoms with Crippen molar-refractivity contribution >= 4 is 8.32 Å². The monoisotopic (exact) mass is 233 g/mol. The third-order valence-corrected chi connectivity index (χ3v) is 8.10. The molecular formula is C11H24FNOSi. The van der Waals surface area contributed by atoms with Crippen molar-refractivity contribution in [1.82, 2.24) is 5.32 Å². The van der Waals surface area contributed by atoms with Crippen molar-refractivity contribution in [3.8, 4) is 0 Å². The smallest absolute Gasteiger partial charge is 0.192 e. The lowest BCUT2D eigenvalue weighted by molar-refractivity contribution is 0.0617. The molecule has 0 aromatic rings. The fourth-order valence-electron chi connectivity index (χ4n) is 1.48. The Hall–Kier alpha value is 0.0669. The summed E-state index contributed by atoms with van der Waals surface area (Å²) in [4.78, 5) is 0. The number of piperidine rings is 1. The van der Waals surface area contributed by atoms with E-state index in [9.17, 15) is 4.39 Å². The van der Waals surface area contributed by atoms with E-state index < -0.39 is 14.5 Å². The molecule has 1 aliphatic heterocycles. The largest absolute Gasteiger partial charge is 0.411 e. The van der Waals surface area contributed by atoms with E-state index in [1.54, 1.807) is 0 Å². The van der Waals surface area contributed by atoms with Gasteiger partial charge in [-0.25, -0.2) is 4.39 Å². The lowest BCUT2D eigenvalue weighted by Gasteiger charge is -2.41. The van der Waals surface area contributed by atoms with Gasteiger partial charge in [-0.05, 0) is 31.1 Å². The minimum absolute atomic E-state index is 0.164. The van der Waals surface area contributed by atoms with Crippen LogP contribution in [-0.4, -0.2) is 33.7 Å². The lowest BCUT2D eigenvalue weighted by atomic mass is 10.1. The van der Waals surface area contributed by atoms with Gasteiger partial charge in [-0.2, -0.15) is 0 Å². The number of hydrogen-bond acceptors (Lipinski definition) is 2. The molecule has 0 amide bonds. The quantitative estimate of drug-likeness (QED) is 0.741. The van der Waals surface area contributed by atoms with Crippen LogP contribution in [0, 0.1) is 0 Å². The average molecular weight is 233 g/mol. The Morgan fingerprint density at radius 1 is 1.33 bits per heavy atom. The van der Waals surface area contributed by atoms with E-state index in [0.29, 0.717) is 6.54 Å². The molecule has 0 unspecified atom stereocenters. The summed E-state index contributed by atoms with van der Waals surface area (Å²) < 4.78 is 19.7. The van der Waals surface area contributed by atoms with Gasteiger partial charge in [0.15, 0.2) is 8.32 Å². The van der Waals surface area contributed by atoms with E-state index >= 15 is 0 Å². The SMILES string of the molecule is CC(C)(C)[Si](C)(C)O[C@@H]1CCNC[C@H]1F. The third-order valence-electron chi connectivity index (χ3n) is 3.60. The summed E-state index contributed by atoms with van der Waals surface area (Å²) in [6, 6.07) is 0. The molecule has 4 heteroatoms. The van der Waals surface area contributed by atoms with E-state index in [1.807, 2.05) is 0 Å². The van der Waals surface area contributed by atoms with Crippen molar-refractivity contribution in [2.24, 2.45) is 0 Å². The maximum Gasteiger partial charge on any atom is 0.192 e. The Morgan fingerprint density at radius 2 is 1.93 bits per heavy atom. The van der Waals surface area contributed by atoms with Gasteiger partial charge in [0.05, 0.1) is 6.10 Å². The van der Waals surface area contributed by atoms with Crippen molar-refractivity contribution in [3.05, 3.63) is 0 Å². The summed E-state index contributed by atoms with van der Waals surface area (Å²) in [6.07, 6.45) is -0.228. The number of halogens is 1. The summed E-state index contributed by atoms with van der Waals surface area (Å²) in [5.41, 5.74) is 0. The first-order valence-corrected chi connectivity index (χ1v) is 8.67. The molecule has 1 fully saturated rings. The standard InChI is InChI=1S/C11H24FNOSi/c1-11(2,3)15(4,5)14-10-6-7-13-8-9(10)12/h9-10,13H,6-8H2,1-5H3/t9-,10-/m1/s1. The normalized spacial score (nSPS) is 29.2. The molecule has 15 heavy (non-hydrogen) atoms. The number of nitrogens with one attached hydrogen (secondary N) is 1. The fourth-order valence-corrected chi connectivity index (χ4v) is 2.86. The van der Waals surface area contributed by atoms with Gasteiger partial charge in [0.25, 0.3) is 0 Å². The molecule has 1 aliphatic rings. The van der Waals surface area contributed by atoms with Gasteiger partial charge in [-0.1, -0.05) is 20.8 Å². The summed E-state index contributed by atoms with van der Waals surface area (Å²) in [7, 11) is -1.80. The van der Waals surface area contributed by atoms with Crippen LogP contribution in [0.3, 0.4) is 0 Å². The van der Waals surface area contributed by atoms with Crippen molar-refractivity contribution < 1.29 is 8.82 Å². The summed E-state index contributed by atoms with van der Waals surface area (Å²) in [5.74, 6) is 0. The highest BCUT2D eigenvalue weighted by Gasteiger charge is 2.41. The van der Waals surface area contributed by atoms with Gasteiger partial charge in [0.1, 0.15) is 6.17 Å². The Bertz CT molecular complexity index is 215. The molecule has 1 saturated heterocycles. The molecule has 1 heterocycles. The molecular weight excluding hydrogens is 209 g/mol. The molecule has 1 N–H and O–H groups in total. The van der Waals surface area contributed by atoms with E-state index in [0.717, 1.165) is 13.0 Å². The maximum atomic E-state index is 13.6. The first-order valence-electron chi connectivity index (χ1n) is 5.76. The third kappa shape index (κ3) is 3.26. The second-order valence-corrected chi connectivity index (χ2v) is 10.7. The van der Waals surface area contributed by atoms with Crippen LogP contribution in [0.1, 0.15) is 27.2 Å². The second kappa shape index (κ2) is 4.51. The molecule has 0 aromatic heterocycles. The molecule has 0 saturated carbocycles. The van der Waals surface area contributed by atoms with Gasteiger partial charge in [0.2, 0.25) is 0 Å². The fraction of sp³-hybridized carbons (Fsp3) is 1.00. The van der Waals surface area contributed by atoms with Crippen LogP contribution in [0.15, 0.2) is 0 Å². The summed E-state index contributed by atoms with van der Waals surface area (Å²) in [5, 5.41) is 3.21. The second-order valence-electron chi connectivity index (χ2n) is 5.93. The van der Waals surface area contributed by atoms with Gasteiger partial charge < -0.3 is 9.74 Å². The number of alkyl halides is 1. The van der Waals surface area contributed by atoms with E-state index in [-0.39, 0.29) is 11.1 Å². The first-order chi connectivity index (χ1) is 6.74. The summed E-state index contributed by atoms with van der Waals surface area (Å²) >= 11 is 0. The van der Waals surface area contributed by atoms with Crippen molar-refractivity contribution in [3.63, 3.8) is 0 Å². The number of hydrogen-bond donors (Lipinski definition) is 1. The topological polar surface area (TPSA) is 21.3 Å². The molecule has 90 valence electrons. The maximum absolute atomic E-state index is 13.6. The average Bonchev–Trinajstić information content (AvgIpc) is 2.06. The van der Waals surface area contributed by atoms with Gasteiger partial charge in [-0.3, -0.25) is 0 Å². The van der Waals surface area contributed by atoms with Crippen LogP contribution >= 0.6 is 0 Å². The van der Waals surface area contributed by atoms with Crippen LogP contribution in [0.25, 0.3) is 0 Å². The summed E-state index contributed by atoms with van der Waals surface area (Å²) in [6.45, 7) is 12.2. The predicted molar refractivity (Wildman–Crippen MR) is 64.5 cm³/mol. The molecule has 0 spiro atoms. The van der Waals surface area contributed by atoms with Gasteiger partial charge in [-0.15, -0.1) is 0 Å². The van der Waals surface area contributed by atoms with Crippen molar-refractivity contribution in [2.75, 3.05) is 13.1 Å². The van der Waals surface area contributed by atoms with Crippen LogP contribution in [0.2, 0.25) is 18.1 Å². The first kappa shape index (κ1) is 13.1. The van der Waals surface area contributed by atoms with Crippen molar-refractivity contribution in [2.45, 2.75) is 57.6 Å². The Labute approximate surface area is 93.7 Å². The van der Waals surface area contributed by atoms with Crippen molar-refractivity contribution in [1.29, 1.82) is 0 Å². The number of rotatable bonds is 2. The Balaban J connectivity index is 2.59. The van der Waals surface area contributed by atoms with E-state index in [1.165, 1.54) is 0 Å². The minimum atomic E-state index is -1.80. The lowest BCUT2D eigenvalue weighted by Crippen LogP contribution is -2.51. The predicted octanol–water partition coefficient (Wildman–Crippen LogP) is 2.71. The Morgan fingerprint density at radius 3 is 2.40 bits per heavy atom. The highest BCUT2D eigenvalue weighted by atomic mass is 28.4. The molecule has 0 aromatic carbocycles. The molecule has 1 rings (SSSR count). The zero-order chi connectivity index (χ0) is 11.7. The highest BCUT2D eigenvalue weighted by molar-refractivity contribution is 6.74. The molecule has 0 radical (unpaired) electrons. The van der Waals surface area contributed by atoms with Crippen LogP contribution in [-0.2, 0) is 4.43 Å². The van der Waals surface area contributed by atoms with Gasteiger partial charge >= 0.3 is 0 Å². The molecule has 2 nitrogen and oxygen atoms in total. The minimum Gasteiger partial charge on any atom is -0.411 e. The highest BCUT2D eigenvalue weighted by Crippen LogP contribution is 2.38. The zero-order valence-electron chi connectivity index (χ0n) is 10.6. The van der Waals surface area contributed by atoms with E-state index in [4.69, 9.17) is 4.43 Å². The zero-order valence-corrected chi connectivity index (χ0v) is 11.6. The molecule has 2 atom stereocenters. The van der Waals surface area contributed by atoms with Crippen LogP contribution in [0.5, 0.6) is 0 Å². The van der Waals surface area contributed by atoms with Crippen LogP contribution < -0.4 is 5.32 Å². The molecule has 0 bridgehead atoms. The van der Waals surface area contributed by atoms with Crippen LogP contribution in [0.4, 0.5) is 4.39 Å². The molecule has 0 aliphatic carbocycles. The Kier molecular flexibility index (Phi) is 3.95. The van der Waals surface area contributed by atoms with E-state index in [2.05, 4.69) is 39.2 Å². The van der Waals surface area contributed by atoms with Gasteiger partial charge in [0, 0.05) is 6.54 Å².